The van der Waals surface area contributed by atoms with E-state index in [1.54, 1.807) is 6.08 Å². The van der Waals surface area contributed by atoms with Gasteiger partial charge in [0.15, 0.2) is 0 Å². The largest absolute Gasteiger partial charge is 0.387 e. The summed E-state index contributed by atoms with van der Waals surface area (Å²) in [5.74, 6) is -1.56. The first-order valence-electron chi connectivity index (χ1n) is 21.5. The van der Waals surface area contributed by atoms with Crippen LogP contribution in [0.3, 0.4) is 0 Å². The maximum absolute atomic E-state index is 12.6. The highest BCUT2D eigenvalue weighted by Crippen LogP contribution is 2.14. The number of nitrogens with one attached hydrogen (secondary N) is 1. The highest BCUT2D eigenvalue weighted by molar-refractivity contribution is 7.85. The molecule has 0 bridgehead atoms. The van der Waals surface area contributed by atoms with Crippen LogP contribution >= 0.6 is 0 Å². The highest BCUT2D eigenvalue weighted by atomic mass is 32.2. The summed E-state index contributed by atoms with van der Waals surface area (Å²) >= 11 is 0. The van der Waals surface area contributed by atoms with Crippen LogP contribution < -0.4 is 5.32 Å². The Kier molecular flexibility index (Phi) is 36.3. The third-order valence-electron chi connectivity index (χ3n) is 9.61. The summed E-state index contributed by atoms with van der Waals surface area (Å²) in [6, 6.07) is -1.25. The first kappa shape index (κ1) is 50.3. The molecule has 0 aromatic rings. The van der Waals surface area contributed by atoms with Crippen molar-refractivity contribution in [3.8, 4) is 0 Å². The molecule has 8 heteroatoms. The SMILES string of the molecule is CCCCC/C=C\C=C/CCCCCCCCCCCC(O)C(=O)NC(CS(=O)(=O)O)C(O)/C=C/CC/C=C/CCCCCCCCCCCCC. The van der Waals surface area contributed by atoms with Gasteiger partial charge < -0.3 is 15.5 Å². The van der Waals surface area contributed by atoms with Crippen LogP contribution in [0.25, 0.3) is 0 Å². The average Bonchev–Trinajstić information content (AvgIpc) is 3.11. The molecule has 0 spiro atoms. The topological polar surface area (TPSA) is 124 Å². The van der Waals surface area contributed by atoms with Gasteiger partial charge in [-0.25, -0.2) is 0 Å². The van der Waals surface area contributed by atoms with Crippen molar-refractivity contribution >= 4 is 16.0 Å². The number of rotatable bonds is 38. The highest BCUT2D eigenvalue weighted by Gasteiger charge is 2.27. The Labute approximate surface area is 321 Å². The van der Waals surface area contributed by atoms with E-state index in [9.17, 15) is 28.0 Å². The van der Waals surface area contributed by atoms with Crippen molar-refractivity contribution in [1.29, 1.82) is 0 Å². The van der Waals surface area contributed by atoms with E-state index in [0.29, 0.717) is 12.8 Å². The monoisotopic (exact) mass is 752 g/mol. The number of hydrogen-bond acceptors (Lipinski definition) is 5. The molecule has 0 aliphatic heterocycles. The van der Waals surface area contributed by atoms with Gasteiger partial charge in [0.1, 0.15) is 6.10 Å². The van der Waals surface area contributed by atoms with Gasteiger partial charge in [0.05, 0.1) is 17.9 Å². The Morgan fingerprint density at radius 1 is 0.538 bits per heavy atom. The minimum Gasteiger partial charge on any atom is -0.387 e. The van der Waals surface area contributed by atoms with Gasteiger partial charge in [-0.15, -0.1) is 0 Å². The van der Waals surface area contributed by atoms with Gasteiger partial charge >= 0.3 is 0 Å². The number of aliphatic hydroxyl groups is 2. The fourth-order valence-corrected chi connectivity index (χ4v) is 7.02. The van der Waals surface area contributed by atoms with E-state index in [4.69, 9.17) is 0 Å². The summed E-state index contributed by atoms with van der Waals surface area (Å²) in [5, 5.41) is 23.4. The fourth-order valence-electron chi connectivity index (χ4n) is 6.29. The third kappa shape index (κ3) is 36.6. The van der Waals surface area contributed by atoms with Crippen LogP contribution in [0.1, 0.15) is 200 Å². The number of carbonyl (C=O) groups excluding carboxylic acids is 1. The zero-order valence-electron chi connectivity index (χ0n) is 33.5. The maximum Gasteiger partial charge on any atom is 0.267 e. The van der Waals surface area contributed by atoms with E-state index >= 15 is 0 Å². The molecule has 4 N–H and O–H groups in total. The van der Waals surface area contributed by atoms with Crippen molar-refractivity contribution in [3.63, 3.8) is 0 Å². The summed E-state index contributed by atoms with van der Waals surface area (Å²) in [7, 11) is -4.45. The molecular formula is C44H81NO6S. The lowest BCUT2D eigenvalue weighted by molar-refractivity contribution is -0.130. The summed E-state index contributed by atoms with van der Waals surface area (Å²) in [6.45, 7) is 4.48. The van der Waals surface area contributed by atoms with Gasteiger partial charge in [-0.2, -0.15) is 8.42 Å². The van der Waals surface area contributed by atoms with Crippen molar-refractivity contribution in [2.45, 2.75) is 218 Å². The van der Waals surface area contributed by atoms with E-state index in [0.717, 1.165) is 38.5 Å². The quantitative estimate of drug-likeness (QED) is 0.0215. The van der Waals surface area contributed by atoms with Gasteiger partial charge in [0.2, 0.25) is 5.91 Å². The second-order valence-electron chi connectivity index (χ2n) is 14.8. The van der Waals surface area contributed by atoms with E-state index < -0.39 is 40.0 Å². The number of aliphatic hydroxyl groups excluding tert-OH is 2. The molecule has 0 fully saturated rings. The summed E-state index contributed by atoms with van der Waals surface area (Å²) in [6.07, 6.45) is 47.3. The molecule has 3 unspecified atom stereocenters. The van der Waals surface area contributed by atoms with Crippen molar-refractivity contribution in [1.82, 2.24) is 5.32 Å². The Hall–Kier alpha value is -1.74. The van der Waals surface area contributed by atoms with Crippen LogP contribution in [0.4, 0.5) is 0 Å². The van der Waals surface area contributed by atoms with E-state index in [-0.39, 0.29) is 6.42 Å². The standard InChI is InChI=1S/C44H81NO6S/c1-3-5-7-9-11-13-15-17-19-21-23-25-27-29-31-33-35-37-39-43(47)44(48)45-41(40-52(49,50)51)42(46)38-36-34-32-30-28-26-24-22-20-18-16-14-12-10-8-6-4-2/h11,13,15,17,28,30,36,38,41-43,46-47H,3-10,12,14,16,18-27,29,31-35,37,39-40H2,1-2H3,(H,45,48)(H,49,50,51)/b13-11-,17-15-,30-28+,38-36+. The van der Waals surface area contributed by atoms with Gasteiger partial charge in [0, 0.05) is 0 Å². The minimum absolute atomic E-state index is 0.267. The van der Waals surface area contributed by atoms with Crippen LogP contribution in [0.15, 0.2) is 48.6 Å². The Balaban J connectivity index is 4.07. The van der Waals surface area contributed by atoms with Gasteiger partial charge in [0.25, 0.3) is 10.1 Å². The van der Waals surface area contributed by atoms with Crippen LogP contribution in [0.2, 0.25) is 0 Å². The molecule has 0 aromatic carbocycles. The first-order valence-corrected chi connectivity index (χ1v) is 23.1. The zero-order chi connectivity index (χ0) is 38.4. The molecule has 7 nitrogen and oxygen atoms in total. The van der Waals surface area contributed by atoms with Crippen molar-refractivity contribution in [3.05, 3.63) is 48.6 Å². The number of unbranched alkanes of at least 4 members (excludes halogenated alkanes) is 24. The second-order valence-corrected chi connectivity index (χ2v) is 16.3. The summed E-state index contributed by atoms with van der Waals surface area (Å²) < 4.78 is 32.5. The lowest BCUT2D eigenvalue weighted by atomic mass is 10.0. The van der Waals surface area contributed by atoms with Crippen LogP contribution in [-0.4, -0.2) is 53.1 Å². The number of amides is 1. The van der Waals surface area contributed by atoms with Gasteiger partial charge in [-0.1, -0.05) is 191 Å². The normalized spacial score (nSPS) is 14.3. The van der Waals surface area contributed by atoms with Crippen molar-refractivity contribution < 1.29 is 28.0 Å². The summed E-state index contributed by atoms with van der Waals surface area (Å²) in [5.41, 5.74) is 0. The van der Waals surface area contributed by atoms with Crippen molar-refractivity contribution in [2.75, 3.05) is 5.75 Å². The zero-order valence-corrected chi connectivity index (χ0v) is 34.4. The molecule has 0 aliphatic rings. The lowest BCUT2D eigenvalue weighted by Gasteiger charge is -2.22. The van der Waals surface area contributed by atoms with E-state index in [2.05, 4.69) is 55.6 Å². The second kappa shape index (κ2) is 37.6. The maximum atomic E-state index is 12.6. The van der Waals surface area contributed by atoms with Gasteiger partial charge in [-0.3, -0.25) is 9.35 Å². The fraction of sp³-hybridized carbons (Fsp3) is 0.795. The summed E-state index contributed by atoms with van der Waals surface area (Å²) in [4.78, 5) is 12.6. The smallest absolute Gasteiger partial charge is 0.267 e. The Bertz CT molecular complexity index is 1020. The molecule has 52 heavy (non-hydrogen) atoms. The lowest BCUT2D eigenvalue weighted by Crippen LogP contribution is -2.50. The van der Waals surface area contributed by atoms with Crippen LogP contribution in [0.5, 0.6) is 0 Å². The molecule has 0 saturated heterocycles. The minimum atomic E-state index is -4.45. The molecular weight excluding hydrogens is 671 g/mol. The van der Waals surface area contributed by atoms with Crippen LogP contribution in [-0.2, 0) is 14.9 Å². The first-order chi connectivity index (χ1) is 25.2. The van der Waals surface area contributed by atoms with Crippen molar-refractivity contribution in [2.24, 2.45) is 0 Å². The predicted octanol–water partition coefficient (Wildman–Crippen LogP) is 11.7. The number of hydrogen-bond donors (Lipinski definition) is 4. The van der Waals surface area contributed by atoms with Crippen LogP contribution in [0, 0.1) is 0 Å². The Morgan fingerprint density at radius 3 is 1.42 bits per heavy atom. The van der Waals surface area contributed by atoms with E-state index in [1.807, 2.05) is 0 Å². The average molecular weight is 752 g/mol. The number of allylic oxidation sites excluding steroid dienone is 7. The third-order valence-corrected chi connectivity index (χ3v) is 10.4. The molecule has 3 atom stereocenters. The molecule has 0 saturated carbocycles. The molecule has 0 aliphatic carbocycles. The van der Waals surface area contributed by atoms with Gasteiger partial charge in [-0.05, 0) is 57.8 Å². The Morgan fingerprint density at radius 2 is 0.923 bits per heavy atom. The molecule has 1 amide bonds. The molecule has 0 radical (unpaired) electrons. The predicted molar refractivity (Wildman–Crippen MR) is 222 cm³/mol. The molecule has 304 valence electrons. The molecule has 0 heterocycles. The van der Waals surface area contributed by atoms with E-state index in [1.165, 1.54) is 134 Å². The number of carbonyl (C=O) groups is 1. The molecule has 0 rings (SSSR count). The molecule has 0 aromatic heterocycles.